The van der Waals surface area contributed by atoms with E-state index in [-0.39, 0.29) is 18.4 Å². The van der Waals surface area contributed by atoms with Crippen molar-refractivity contribution in [2.45, 2.75) is 32.2 Å². The predicted molar refractivity (Wildman–Crippen MR) is 57.5 cm³/mol. The molecule has 1 N–H and O–H groups in total. The highest BCUT2D eigenvalue weighted by atomic mass is 16.5. The van der Waals surface area contributed by atoms with E-state index in [1.54, 1.807) is 11.9 Å². The van der Waals surface area contributed by atoms with Crippen LogP contribution in [-0.2, 0) is 9.53 Å². The van der Waals surface area contributed by atoms with Crippen LogP contribution in [0.3, 0.4) is 0 Å². The molecule has 1 aliphatic heterocycles. The SMILES string of the molecule is CN(C(=O)C1CCOCC1)C(C)(C)CO. The average Bonchev–Trinajstić information content (AvgIpc) is 2.28. The zero-order valence-corrected chi connectivity index (χ0v) is 9.82. The van der Waals surface area contributed by atoms with Gasteiger partial charge < -0.3 is 14.7 Å². The first-order valence-corrected chi connectivity index (χ1v) is 5.45. The fourth-order valence-electron chi connectivity index (χ4n) is 1.62. The topological polar surface area (TPSA) is 49.8 Å². The molecule has 1 rings (SSSR count). The minimum absolute atomic E-state index is 0.0154. The highest BCUT2D eigenvalue weighted by Crippen LogP contribution is 2.21. The predicted octanol–water partition coefficient (Wildman–Crippen LogP) is 0.642. The molecule has 0 aromatic rings. The minimum Gasteiger partial charge on any atom is -0.394 e. The first-order valence-electron chi connectivity index (χ1n) is 5.45. The highest BCUT2D eigenvalue weighted by molar-refractivity contribution is 5.79. The summed E-state index contributed by atoms with van der Waals surface area (Å²) < 4.78 is 5.22. The summed E-state index contributed by atoms with van der Waals surface area (Å²) in [6, 6.07) is 0. The lowest BCUT2D eigenvalue weighted by Gasteiger charge is -2.37. The first kappa shape index (κ1) is 12.5. The van der Waals surface area contributed by atoms with Gasteiger partial charge in [-0.05, 0) is 26.7 Å². The largest absolute Gasteiger partial charge is 0.394 e. The number of likely N-dealkylation sites (N-methyl/N-ethyl adjacent to an activating group) is 1. The Bertz CT molecular complexity index is 222. The Morgan fingerprint density at radius 2 is 2.00 bits per heavy atom. The molecule has 0 saturated carbocycles. The molecule has 1 fully saturated rings. The molecule has 0 unspecified atom stereocenters. The maximum absolute atomic E-state index is 12.1. The van der Waals surface area contributed by atoms with E-state index in [4.69, 9.17) is 4.74 Å². The summed E-state index contributed by atoms with van der Waals surface area (Å²) >= 11 is 0. The number of ether oxygens (including phenoxy) is 1. The molecule has 1 heterocycles. The van der Waals surface area contributed by atoms with Crippen LogP contribution in [0.2, 0.25) is 0 Å². The average molecular weight is 215 g/mol. The summed E-state index contributed by atoms with van der Waals surface area (Å²) in [7, 11) is 1.76. The number of hydrogen-bond acceptors (Lipinski definition) is 3. The van der Waals surface area contributed by atoms with Crippen LogP contribution in [-0.4, -0.2) is 48.3 Å². The summed E-state index contributed by atoms with van der Waals surface area (Å²) in [5.74, 6) is 0.187. The number of nitrogens with zero attached hydrogens (tertiary/aromatic N) is 1. The molecule has 4 nitrogen and oxygen atoms in total. The second-order valence-corrected chi connectivity index (χ2v) is 4.75. The number of carbonyl (C=O) groups excluding carboxylic acids is 1. The smallest absolute Gasteiger partial charge is 0.226 e. The number of aliphatic hydroxyl groups excluding tert-OH is 1. The molecule has 4 heteroatoms. The van der Waals surface area contributed by atoms with Crippen LogP contribution < -0.4 is 0 Å². The Kier molecular flexibility index (Phi) is 4.11. The van der Waals surface area contributed by atoms with Crippen LogP contribution in [0.1, 0.15) is 26.7 Å². The third-order valence-electron chi connectivity index (χ3n) is 3.20. The molecule has 0 bridgehead atoms. The minimum atomic E-state index is -0.477. The fourth-order valence-corrected chi connectivity index (χ4v) is 1.62. The van der Waals surface area contributed by atoms with Crippen molar-refractivity contribution < 1.29 is 14.6 Å². The first-order chi connectivity index (χ1) is 6.99. The molecule has 0 radical (unpaired) electrons. The molecule has 0 aromatic carbocycles. The Morgan fingerprint density at radius 3 is 2.47 bits per heavy atom. The zero-order valence-electron chi connectivity index (χ0n) is 9.82. The van der Waals surface area contributed by atoms with E-state index < -0.39 is 5.54 Å². The van der Waals surface area contributed by atoms with Crippen LogP contribution >= 0.6 is 0 Å². The van der Waals surface area contributed by atoms with Crippen LogP contribution in [0, 0.1) is 5.92 Å². The van der Waals surface area contributed by atoms with Gasteiger partial charge in [0.25, 0.3) is 0 Å². The Hall–Kier alpha value is -0.610. The lowest BCUT2D eigenvalue weighted by molar-refractivity contribution is -0.143. The van der Waals surface area contributed by atoms with Gasteiger partial charge in [0, 0.05) is 26.2 Å². The van der Waals surface area contributed by atoms with Crippen molar-refractivity contribution in [1.82, 2.24) is 4.90 Å². The van der Waals surface area contributed by atoms with E-state index in [9.17, 15) is 9.90 Å². The maximum atomic E-state index is 12.1. The lowest BCUT2D eigenvalue weighted by Crippen LogP contribution is -2.50. The van der Waals surface area contributed by atoms with Gasteiger partial charge >= 0.3 is 0 Å². The molecule has 0 aliphatic carbocycles. The van der Waals surface area contributed by atoms with E-state index in [1.165, 1.54) is 0 Å². The summed E-state index contributed by atoms with van der Waals surface area (Å²) in [4.78, 5) is 13.7. The quantitative estimate of drug-likeness (QED) is 0.751. The van der Waals surface area contributed by atoms with Crippen molar-refractivity contribution >= 4 is 5.91 Å². The standard InChI is InChI=1S/C11H21NO3/c1-11(2,8-13)12(3)10(14)9-4-6-15-7-5-9/h9,13H,4-8H2,1-3H3. The summed E-state index contributed by atoms with van der Waals surface area (Å²) in [5.41, 5.74) is -0.477. The van der Waals surface area contributed by atoms with E-state index in [0.29, 0.717) is 13.2 Å². The normalized spacial score (nSPS) is 18.9. The molecule has 15 heavy (non-hydrogen) atoms. The van der Waals surface area contributed by atoms with Crippen LogP contribution in [0.4, 0.5) is 0 Å². The molecule has 1 amide bonds. The van der Waals surface area contributed by atoms with Gasteiger partial charge in [-0.25, -0.2) is 0 Å². The third kappa shape index (κ3) is 2.92. The van der Waals surface area contributed by atoms with Gasteiger partial charge in [0.15, 0.2) is 0 Å². The van der Waals surface area contributed by atoms with E-state index in [2.05, 4.69) is 0 Å². The number of aliphatic hydroxyl groups is 1. The molecule has 0 atom stereocenters. The number of carbonyl (C=O) groups is 1. The van der Waals surface area contributed by atoms with Gasteiger partial charge in [-0.3, -0.25) is 4.79 Å². The summed E-state index contributed by atoms with van der Waals surface area (Å²) in [6.45, 7) is 5.06. The molecule has 1 saturated heterocycles. The molecule has 0 aromatic heterocycles. The fraction of sp³-hybridized carbons (Fsp3) is 0.909. The van der Waals surface area contributed by atoms with Crippen LogP contribution in [0.5, 0.6) is 0 Å². The van der Waals surface area contributed by atoms with Gasteiger partial charge in [-0.1, -0.05) is 0 Å². The second-order valence-electron chi connectivity index (χ2n) is 4.75. The van der Waals surface area contributed by atoms with Crippen molar-refractivity contribution in [1.29, 1.82) is 0 Å². The zero-order chi connectivity index (χ0) is 11.5. The number of hydrogen-bond donors (Lipinski definition) is 1. The van der Waals surface area contributed by atoms with Gasteiger partial charge in [-0.2, -0.15) is 0 Å². The van der Waals surface area contributed by atoms with E-state index >= 15 is 0 Å². The molecular weight excluding hydrogens is 194 g/mol. The number of amides is 1. The molecule has 0 spiro atoms. The van der Waals surface area contributed by atoms with Gasteiger partial charge in [0.05, 0.1) is 12.1 Å². The summed E-state index contributed by atoms with van der Waals surface area (Å²) in [5, 5.41) is 9.19. The maximum Gasteiger partial charge on any atom is 0.226 e. The van der Waals surface area contributed by atoms with E-state index in [0.717, 1.165) is 12.8 Å². The molecular formula is C11H21NO3. The van der Waals surface area contributed by atoms with Gasteiger partial charge in [0.2, 0.25) is 5.91 Å². The Morgan fingerprint density at radius 1 is 1.47 bits per heavy atom. The molecule has 1 aliphatic rings. The van der Waals surface area contributed by atoms with E-state index in [1.807, 2.05) is 13.8 Å². The number of rotatable bonds is 3. The Balaban J connectivity index is 2.58. The van der Waals surface area contributed by atoms with Gasteiger partial charge in [-0.15, -0.1) is 0 Å². The van der Waals surface area contributed by atoms with Crippen molar-refractivity contribution in [2.75, 3.05) is 26.9 Å². The third-order valence-corrected chi connectivity index (χ3v) is 3.20. The second kappa shape index (κ2) is 4.94. The van der Waals surface area contributed by atoms with Crippen molar-refractivity contribution in [3.63, 3.8) is 0 Å². The Labute approximate surface area is 91.2 Å². The monoisotopic (exact) mass is 215 g/mol. The van der Waals surface area contributed by atoms with Crippen LogP contribution in [0.25, 0.3) is 0 Å². The van der Waals surface area contributed by atoms with Crippen LogP contribution in [0.15, 0.2) is 0 Å². The van der Waals surface area contributed by atoms with Crippen molar-refractivity contribution in [3.8, 4) is 0 Å². The van der Waals surface area contributed by atoms with Gasteiger partial charge in [0.1, 0.15) is 0 Å². The highest BCUT2D eigenvalue weighted by Gasteiger charge is 2.32. The van der Waals surface area contributed by atoms with Crippen molar-refractivity contribution in [2.24, 2.45) is 5.92 Å². The molecule has 88 valence electrons. The summed E-state index contributed by atoms with van der Waals surface area (Å²) in [6.07, 6.45) is 1.59. The van der Waals surface area contributed by atoms with Crippen molar-refractivity contribution in [3.05, 3.63) is 0 Å². The lowest BCUT2D eigenvalue weighted by atomic mass is 9.95.